The van der Waals surface area contributed by atoms with Gasteiger partial charge in [-0.3, -0.25) is 4.79 Å². The fourth-order valence-electron chi connectivity index (χ4n) is 5.61. The fourth-order valence-corrected chi connectivity index (χ4v) is 5.61. The van der Waals surface area contributed by atoms with Crippen molar-refractivity contribution < 1.29 is 24.2 Å². The number of carboxylic acids is 1. The molecule has 0 saturated heterocycles. The van der Waals surface area contributed by atoms with Gasteiger partial charge in [0, 0.05) is 12.3 Å². The summed E-state index contributed by atoms with van der Waals surface area (Å²) in [5.41, 5.74) is 2.75. The van der Waals surface area contributed by atoms with Crippen LogP contribution in [0.4, 0.5) is 4.79 Å². The molecule has 3 aliphatic rings. The Labute approximate surface area is 205 Å². The summed E-state index contributed by atoms with van der Waals surface area (Å²) < 4.78 is 5.64. The number of rotatable bonds is 7. The molecule has 2 aromatic carbocycles. The van der Waals surface area contributed by atoms with Crippen molar-refractivity contribution in [3.63, 3.8) is 0 Å². The number of hydrogen-bond acceptors (Lipinski definition) is 4. The van der Waals surface area contributed by atoms with E-state index in [9.17, 15) is 19.5 Å². The van der Waals surface area contributed by atoms with Crippen LogP contribution in [0.3, 0.4) is 0 Å². The zero-order valence-corrected chi connectivity index (χ0v) is 20.0. The SMILES string of the molecule is CC1CCC(NC(=O)CC2(NC(=O)OCC3c4ccccc4-c4ccccc43)CC2)(C(=O)O)CC1. The fraction of sp³-hybridized carbons (Fsp3) is 0.464. The van der Waals surface area contributed by atoms with Crippen LogP contribution in [0.2, 0.25) is 0 Å². The standard InChI is InChI=1S/C28H32N2O5/c1-18-10-12-28(13-11-18,25(32)33)29-24(31)16-27(14-15-27)30-26(34)35-17-23-21-8-4-2-6-19(21)20-7-3-5-9-22(20)23/h2-9,18,23H,10-17H2,1H3,(H,29,31)(H,30,34)(H,32,33). The number of ether oxygens (including phenoxy) is 1. The summed E-state index contributed by atoms with van der Waals surface area (Å²) in [7, 11) is 0. The Morgan fingerprint density at radius 1 is 0.914 bits per heavy atom. The maximum atomic E-state index is 12.8. The second kappa shape index (κ2) is 9.02. The molecule has 7 heteroatoms. The first-order valence-electron chi connectivity index (χ1n) is 12.5. The molecule has 0 aromatic heterocycles. The van der Waals surface area contributed by atoms with Gasteiger partial charge in [-0.1, -0.05) is 55.5 Å². The molecule has 5 rings (SSSR count). The summed E-state index contributed by atoms with van der Waals surface area (Å²) in [6.45, 7) is 2.31. The second-order valence-electron chi connectivity index (χ2n) is 10.5. The highest BCUT2D eigenvalue weighted by Crippen LogP contribution is 2.45. The zero-order chi connectivity index (χ0) is 24.6. The first kappa shape index (κ1) is 23.4. The molecule has 0 heterocycles. The number of carbonyl (C=O) groups is 3. The smallest absolute Gasteiger partial charge is 0.407 e. The Balaban J connectivity index is 1.18. The van der Waals surface area contributed by atoms with Crippen molar-refractivity contribution in [3.8, 4) is 11.1 Å². The Hall–Kier alpha value is -3.35. The molecule has 0 atom stereocenters. The maximum Gasteiger partial charge on any atom is 0.407 e. The molecular formula is C28H32N2O5. The van der Waals surface area contributed by atoms with Crippen molar-refractivity contribution >= 4 is 18.0 Å². The highest BCUT2D eigenvalue weighted by atomic mass is 16.5. The lowest BCUT2D eigenvalue weighted by atomic mass is 9.77. The summed E-state index contributed by atoms with van der Waals surface area (Å²) in [4.78, 5) is 37.5. The lowest BCUT2D eigenvalue weighted by Crippen LogP contribution is -2.57. The van der Waals surface area contributed by atoms with Crippen LogP contribution in [0.5, 0.6) is 0 Å². The highest BCUT2D eigenvalue weighted by molar-refractivity contribution is 5.88. The zero-order valence-electron chi connectivity index (χ0n) is 20.0. The van der Waals surface area contributed by atoms with Crippen LogP contribution in [0, 0.1) is 5.92 Å². The predicted octanol–water partition coefficient (Wildman–Crippen LogP) is 4.60. The summed E-state index contributed by atoms with van der Waals surface area (Å²) in [5, 5.41) is 15.5. The van der Waals surface area contributed by atoms with E-state index in [2.05, 4.69) is 41.8 Å². The average molecular weight is 477 g/mol. The van der Waals surface area contributed by atoms with Gasteiger partial charge in [-0.05, 0) is 66.7 Å². The lowest BCUT2D eigenvalue weighted by Gasteiger charge is -2.36. The molecule has 0 radical (unpaired) electrons. The van der Waals surface area contributed by atoms with Crippen molar-refractivity contribution in [1.29, 1.82) is 0 Å². The third kappa shape index (κ3) is 4.64. The number of alkyl carbamates (subject to hydrolysis) is 1. The summed E-state index contributed by atoms with van der Waals surface area (Å²) in [6.07, 6.45) is 3.26. The Bertz CT molecular complexity index is 1100. The van der Waals surface area contributed by atoms with Crippen LogP contribution in [-0.4, -0.2) is 40.8 Å². The van der Waals surface area contributed by atoms with Gasteiger partial charge in [0.05, 0.1) is 5.54 Å². The first-order chi connectivity index (χ1) is 16.8. The number of fused-ring (bicyclic) bond motifs is 3. The largest absolute Gasteiger partial charge is 0.480 e. The van der Waals surface area contributed by atoms with E-state index in [-0.39, 0.29) is 24.9 Å². The summed E-state index contributed by atoms with van der Waals surface area (Å²) >= 11 is 0. The molecule has 3 N–H and O–H groups in total. The van der Waals surface area contributed by atoms with Crippen LogP contribution in [-0.2, 0) is 14.3 Å². The number of aliphatic carboxylic acids is 1. The van der Waals surface area contributed by atoms with E-state index < -0.39 is 23.1 Å². The van der Waals surface area contributed by atoms with Gasteiger partial charge in [-0.2, -0.15) is 0 Å². The van der Waals surface area contributed by atoms with Crippen LogP contribution in [0.15, 0.2) is 48.5 Å². The maximum absolute atomic E-state index is 12.8. The number of carboxylic acid groups (broad SMARTS) is 1. The molecule has 2 amide bonds. The number of carbonyl (C=O) groups excluding carboxylic acids is 2. The molecule has 7 nitrogen and oxygen atoms in total. The number of amides is 2. The van der Waals surface area contributed by atoms with Crippen LogP contribution >= 0.6 is 0 Å². The minimum Gasteiger partial charge on any atom is -0.480 e. The average Bonchev–Trinajstić information content (AvgIpc) is 3.51. The summed E-state index contributed by atoms with van der Waals surface area (Å²) in [5.74, 6) is -0.884. The van der Waals surface area contributed by atoms with Crippen molar-refractivity contribution in [3.05, 3.63) is 59.7 Å². The number of nitrogens with one attached hydrogen (secondary N) is 2. The lowest BCUT2D eigenvalue weighted by molar-refractivity contribution is -0.149. The molecule has 0 aliphatic heterocycles. The Kier molecular flexibility index (Phi) is 6.03. The van der Waals surface area contributed by atoms with E-state index >= 15 is 0 Å². The first-order valence-corrected chi connectivity index (χ1v) is 12.5. The van der Waals surface area contributed by atoms with Crippen molar-refractivity contribution in [1.82, 2.24) is 10.6 Å². The molecule has 2 aromatic rings. The van der Waals surface area contributed by atoms with Crippen molar-refractivity contribution in [2.45, 2.75) is 68.9 Å². The molecule has 3 aliphatic carbocycles. The van der Waals surface area contributed by atoms with E-state index in [0.717, 1.165) is 35.1 Å². The predicted molar refractivity (Wildman–Crippen MR) is 131 cm³/mol. The van der Waals surface area contributed by atoms with Gasteiger partial charge in [0.2, 0.25) is 5.91 Å². The van der Waals surface area contributed by atoms with Crippen LogP contribution in [0.25, 0.3) is 11.1 Å². The Morgan fingerprint density at radius 2 is 1.49 bits per heavy atom. The van der Waals surface area contributed by atoms with Gasteiger partial charge in [0.15, 0.2) is 0 Å². The van der Waals surface area contributed by atoms with E-state index in [4.69, 9.17) is 4.74 Å². The van der Waals surface area contributed by atoms with Crippen LogP contribution in [0.1, 0.15) is 68.9 Å². The molecule has 0 bridgehead atoms. The molecular weight excluding hydrogens is 444 g/mol. The number of hydrogen-bond donors (Lipinski definition) is 3. The van der Waals surface area contributed by atoms with E-state index in [1.165, 1.54) is 0 Å². The van der Waals surface area contributed by atoms with Crippen molar-refractivity contribution in [2.75, 3.05) is 6.61 Å². The van der Waals surface area contributed by atoms with Crippen molar-refractivity contribution in [2.24, 2.45) is 5.92 Å². The monoisotopic (exact) mass is 476 g/mol. The normalized spacial score (nSPS) is 24.1. The molecule has 0 unspecified atom stereocenters. The topological polar surface area (TPSA) is 105 Å². The van der Waals surface area contributed by atoms with Gasteiger partial charge in [-0.25, -0.2) is 9.59 Å². The highest BCUT2D eigenvalue weighted by Gasteiger charge is 2.49. The van der Waals surface area contributed by atoms with Gasteiger partial charge >= 0.3 is 12.1 Å². The quantitative estimate of drug-likeness (QED) is 0.542. The minimum absolute atomic E-state index is 0.0317. The molecule has 2 saturated carbocycles. The summed E-state index contributed by atoms with van der Waals surface area (Å²) in [6, 6.07) is 16.3. The van der Waals surface area contributed by atoms with E-state index in [0.29, 0.717) is 31.6 Å². The second-order valence-corrected chi connectivity index (χ2v) is 10.5. The molecule has 0 spiro atoms. The Morgan fingerprint density at radius 3 is 2.03 bits per heavy atom. The number of benzene rings is 2. The third-order valence-corrected chi connectivity index (χ3v) is 7.98. The minimum atomic E-state index is -1.20. The van der Waals surface area contributed by atoms with Gasteiger partial charge in [0.25, 0.3) is 0 Å². The van der Waals surface area contributed by atoms with Gasteiger partial charge in [-0.15, -0.1) is 0 Å². The molecule has 2 fully saturated rings. The van der Waals surface area contributed by atoms with Gasteiger partial charge in [0.1, 0.15) is 12.1 Å². The molecule has 184 valence electrons. The van der Waals surface area contributed by atoms with E-state index in [1.54, 1.807) is 0 Å². The van der Waals surface area contributed by atoms with Crippen LogP contribution < -0.4 is 10.6 Å². The third-order valence-electron chi connectivity index (χ3n) is 7.98. The van der Waals surface area contributed by atoms with E-state index in [1.807, 2.05) is 24.3 Å². The molecule has 35 heavy (non-hydrogen) atoms. The van der Waals surface area contributed by atoms with Gasteiger partial charge < -0.3 is 20.5 Å².